The minimum Gasteiger partial charge on any atom is -0.444 e. The van der Waals surface area contributed by atoms with Gasteiger partial charge in [0.2, 0.25) is 5.91 Å². The van der Waals surface area contributed by atoms with Gasteiger partial charge >= 0.3 is 6.09 Å². The summed E-state index contributed by atoms with van der Waals surface area (Å²) < 4.78 is 5.12. The molecule has 3 N–H and O–H groups in total. The fraction of sp³-hybridized carbons (Fsp3) is 0.467. The molecule has 116 valence electrons. The Balaban J connectivity index is 2.43. The van der Waals surface area contributed by atoms with E-state index >= 15 is 0 Å². The number of alkyl carbamates (subject to hydrolysis) is 1. The number of rotatable bonds is 6. The van der Waals surface area contributed by atoms with Crippen LogP contribution in [-0.2, 0) is 15.3 Å². The second-order valence-corrected chi connectivity index (χ2v) is 6.63. The van der Waals surface area contributed by atoms with E-state index in [1.165, 1.54) is 11.8 Å². The van der Waals surface area contributed by atoms with Crippen LogP contribution in [-0.4, -0.2) is 29.4 Å². The van der Waals surface area contributed by atoms with Gasteiger partial charge in [0.1, 0.15) is 11.6 Å². The first-order chi connectivity index (χ1) is 9.78. The first kappa shape index (κ1) is 17.4. The zero-order chi connectivity index (χ0) is 15.9. The molecule has 1 aromatic carbocycles. The van der Waals surface area contributed by atoms with Crippen molar-refractivity contribution in [1.82, 2.24) is 5.32 Å². The number of hydrogen-bond acceptors (Lipinski definition) is 4. The molecule has 1 rings (SSSR count). The molecular formula is C15H22N2O3S. The van der Waals surface area contributed by atoms with Gasteiger partial charge in [-0.3, -0.25) is 4.79 Å². The van der Waals surface area contributed by atoms with Crippen molar-refractivity contribution in [1.29, 1.82) is 0 Å². The summed E-state index contributed by atoms with van der Waals surface area (Å²) in [5.74, 6) is 0.589. The van der Waals surface area contributed by atoms with Crippen molar-refractivity contribution in [2.75, 3.05) is 5.75 Å². The summed E-state index contributed by atoms with van der Waals surface area (Å²) in [6.45, 7) is 5.28. The van der Waals surface area contributed by atoms with Crippen LogP contribution < -0.4 is 11.1 Å². The number of ether oxygens (including phenoxy) is 1. The van der Waals surface area contributed by atoms with Gasteiger partial charge in [0, 0.05) is 11.5 Å². The zero-order valence-corrected chi connectivity index (χ0v) is 13.4. The molecule has 0 unspecified atom stereocenters. The van der Waals surface area contributed by atoms with Crippen molar-refractivity contribution < 1.29 is 14.3 Å². The molecule has 0 heterocycles. The van der Waals surface area contributed by atoms with Crippen LogP contribution in [0.4, 0.5) is 4.79 Å². The number of nitrogens with two attached hydrogens (primary N) is 1. The highest BCUT2D eigenvalue weighted by molar-refractivity contribution is 7.98. The molecule has 0 aliphatic rings. The lowest BCUT2D eigenvalue weighted by Gasteiger charge is -2.22. The number of thioether (sulfide) groups is 1. The Morgan fingerprint density at radius 3 is 2.43 bits per heavy atom. The van der Waals surface area contributed by atoms with E-state index in [4.69, 9.17) is 10.5 Å². The second kappa shape index (κ2) is 7.93. The number of amides is 2. The fourth-order valence-electron chi connectivity index (χ4n) is 1.51. The number of primary amides is 1. The summed E-state index contributed by atoms with van der Waals surface area (Å²) in [6, 6.07) is 9.14. The highest BCUT2D eigenvalue weighted by Crippen LogP contribution is 2.13. The third-order valence-corrected chi connectivity index (χ3v) is 3.54. The maximum Gasteiger partial charge on any atom is 0.408 e. The Bertz CT molecular complexity index is 472. The summed E-state index contributed by atoms with van der Waals surface area (Å²) >= 11 is 1.53. The first-order valence-electron chi connectivity index (χ1n) is 6.68. The Hall–Kier alpha value is -1.69. The lowest BCUT2D eigenvalue weighted by molar-refractivity contribution is -0.119. The van der Waals surface area contributed by atoms with Crippen LogP contribution in [0.2, 0.25) is 0 Å². The summed E-state index contributed by atoms with van der Waals surface area (Å²) in [7, 11) is 0. The minimum absolute atomic E-state index is 0.406. The molecule has 5 nitrogen and oxygen atoms in total. The summed E-state index contributed by atoms with van der Waals surface area (Å²) in [6.07, 6.45) is -0.633. The molecule has 0 fully saturated rings. The van der Waals surface area contributed by atoms with E-state index in [-0.39, 0.29) is 0 Å². The van der Waals surface area contributed by atoms with E-state index in [0.717, 1.165) is 11.3 Å². The Morgan fingerprint density at radius 1 is 1.29 bits per heavy atom. The van der Waals surface area contributed by atoms with E-state index < -0.39 is 23.6 Å². The molecule has 21 heavy (non-hydrogen) atoms. The number of carbonyl (C=O) groups excluding carboxylic acids is 2. The van der Waals surface area contributed by atoms with Crippen LogP contribution in [0.5, 0.6) is 0 Å². The standard InChI is InChI=1S/C15H22N2O3S/c1-15(2,3)20-14(19)17-12(13(16)18)10-21-9-11-7-5-4-6-8-11/h4-8,12H,9-10H2,1-3H3,(H2,16,18)(H,17,19)/t12-/m0/s1. The zero-order valence-electron chi connectivity index (χ0n) is 12.6. The third kappa shape index (κ3) is 7.60. The van der Waals surface area contributed by atoms with Crippen molar-refractivity contribution in [2.45, 2.75) is 38.2 Å². The van der Waals surface area contributed by atoms with Gasteiger partial charge in [0.05, 0.1) is 0 Å². The molecular weight excluding hydrogens is 288 g/mol. The van der Waals surface area contributed by atoms with Crippen LogP contribution in [0, 0.1) is 0 Å². The SMILES string of the molecule is CC(C)(C)OC(=O)N[C@@H](CSCc1ccccc1)C(N)=O. The van der Waals surface area contributed by atoms with Gasteiger partial charge in [-0.25, -0.2) is 4.79 Å². The Morgan fingerprint density at radius 2 is 1.90 bits per heavy atom. The normalized spacial score (nSPS) is 12.5. The largest absolute Gasteiger partial charge is 0.444 e. The molecule has 0 bridgehead atoms. The summed E-state index contributed by atoms with van der Waals surface area (Å²) in [4.78, 5) is 23.0. The molecule has 0 saturated heterocycles. The van der Waals surface area contributed by atoms with Gasteiger partial charge in [-0.05, 0) is 26.3 Å². The van der Waals surface area contributed by atoms with Gasteiger partial charge in [-0.2, -0.15) is 11.8 Å². The summed E-state index contributed by atoms with van der Waals surface area (Å²) in [5.41, 5.74) is 5.85. The minimum atomic E-state index is -0.742. The highest BCUT2D eigenvalue weighted by atomic mass is 32.2. The Labute approximate surface area is 129 Å². The smallest absolute Gasteiger partial charge is 0.408 e. The fourth-order valence-corrected chi connectivity index (χ4v) is 2.54. The maximum atomic E-state index is 11.7. The predicted molar refractivity (Wildman–Crippen MR) is 85.0 cm³/mol. The monoisotopic (exact) mass is 310 g/mol. The molecule has 1 atom stereocenters. The van der Waals surface area contributed by atoms with Crippen molar-refractivity contribution in [2.24, 2.45) is 5.73 Å². The van der Waals surface area contributed by atoms with Crippen LogP contribution in [0.3, 0.4) is 0 Å². The van der Waals surface area contributed by atoms with E-state index in [1.54, 1.807) is 20.8 Å². The number of nitrogens with one attached hydrogen (secondary N) is 1. The van der Waals surface area contributed by atoms with Crippen LogP contribution >= 0.6 is 11.8 Å². The molecule has 0 aliphatic heterocycles. The number of carbonyl (C=O) groups is 2. The first-order valence-corrected chi connectivity index (χ1v) is 7.84. The molecule has 0 aromatic heterocycles. The number of benzene rings is 1. The lowest BCUT2D eigenvalue weighted by atomic mass is 10.2. The van der Waals surface area contributed by atoms with E-state index in [2.05, 4.69) is 5.32 Å². The molecule has 6 heteroatoms. The van der Waals surface area contributed by atoms with Crippen molar-refractivity contribution in [3.63, 3.8) is 0 Å². The van der Waals surface area contributed by atoms with E-state index in [0.29, 0.717) is 5.75 Å². The molecule has 0 radical (unpaired) electrons. The second-order valence-electron chi connectivity index (χ2n) is 5.60. The van der Waals surface area contributed by atoms with Crippen LogP contribution in [0.25, 0.3) is 0 Å². The topological polar surface area (TPSA) is 81.4 Å². The van der Waals surface area contributed by atoms with Crippen LogP contribution in [0.1, 0.15) is 26.3 Å². The highest BCUT2D eigenvalue weighted by Gasteiger charge is 2.22. The van der Waals surface area contributed by atoms with Crippen LogP contribution in [0.15, 0.2) is 30.3 Å². The Kier molecular flexibility index (Phi) is 6.55. The summed E-state index contributed by atoms with van der Waals surface area (Å²) in [5, 5.41) is 2.50. The maximum absolute atomic E-state index is 11.7. The quantitative estimate of drug-likeness (QED) is 0.844. The van der Waals surface area contributed by atoms with E-state index in [9.17, 15) is 9.59 Å². The molecule has 0 saturated carbocycles. The molecule has 2 amide bonds. The lowest BCUT2D eigenvalue weighted by Crippen LogP contribution is -2.47. The van der Waals surface area contributed by atoms with Crippen molar-refractivity contribution >= 4 is 23.8 Å². The predicted octanol–water partition coefficient (Wildman–Crippen LogP) is 2.30. The van der Waals surface area contributed by atoms with Gasteiger partial charge in [-0.1, -0.05) is 30.3 Å². The van der Waals surface area contributed by atoms with Gasteiger partial charge < -0.3 is 15.8 Å². The molecule has 0 aliphatic carbocycles. The van der Waals surface area contributed by atoms with Crippen molar-refractivity contribution in [3.05, 3.63) is 35.9 Å². The van der Waals surface area contributed by atoms with Gasteiger partial charge in [-0.15, -0.1) is 0 Å². The van der Waals surface area contributed by atoms with Gasteiger partial charge in [0.15, 0.2) is 0 Å². The molecule has 1 aromatic rings. The van der Waals surface area contributed by atoms with Gasteiger partial charge in [0.25, 0.3) is 0 Å². The average molecular weight is 310 g/mol. The number of hydrogen-bond donors (Lipinski definition) is 2. The third-order valence-electron chi connectivity index (χ3n) is 2.43. The molecule has 0 spiro atoms. The van der Waals surface area contributed by atoms with E-state index in [1.807, 2.05) is 30.3 Å². The van der Waals surface area contributed by atoms with Crippen molar-refractivity contribution in [3.8, 4) is 0 Å². The average Bonchev–Trinajstić information content (AvgIpc) is 2.36.